The number of carboxylic acid groups (broad SMARTS) is 1. The molecule has 5 heteroatoms. The molecule has 0 heterocycles. The summed E-state index contributed by atoms with van der Waals surface area (Å²) < 4.78 is 12.4. The minimum atomic E-state index is -1.31. The smallest absolute Gasteiger partial charge is 0.337 e. The maximum Gasteiger partial charge on any atom is 0.337 e. The molecule has 0 amide bonds. The van der Waals surface area contributed by atoms with Crippen LogP contribution in [-0.2, 0) is 16.6 Å². The standard InChI is InChI=1S/C16H15ClO3S/c1-10-3-4-12(7-11(10)2)9-21(20)13-5-6-15(17)14(8-13)16(18)19/h3-8H,9H2,1-2H3,(H,18,19). The lowest BCUT2D eigenvalue weighted by atomic mass is 10.1. The molecular weight excluding hydrogens is 308 g/mol. The van der Waals surface area contributed by atoms with Gasteiger partial charge in [-0.3, -0.25) is 4.21 Å². The summed E-state index contributed by atoms with van der Waals surface area (Å²) in [4.78, 5) is 11.5. The van der Waals surface area contributed by atoms with E-state index < -0.39 is 16.8 Å². The highest BCUT2D eigenvalue weighted by Gasteiger charge is 2.13. The van der Waals surface area contributed by atoms with Crippen LogP contribution in [0.1, 0.15) is 27.0 Å². The fourth-order valence-electron chi connectivity index (χ4n) is 1.94. The molecule has 1 unspecified atom stereocenters. The first-order valence-corrected chi connectivity index (χ1v) is 8.05. The molecule has 0 aliphatic carbocycles. The van der Waals surface area contributed by atoms with Crippen LogP contribution in [0.2, 0.25) is 5.02 Å². The molecule has 3 nitrogen and oxygen atoms in total. The monoisotopic (exact) mass is 322 g/mol. The summed E-state index contributed by atoms with van der Waals surface area (Å²) >= 11 is 5.81. The Morgan fingerprint density at radius 2 is 1.86 bits per heavy atom. The minimum Gasteiger partial charge on any atom is -0.478 e. The van der Waals surface area contributed by atoms with Crippen molar-refractivity contribution < 1.29 is 14.1 Å². The van der Waals surface area contributed by atoms with E-state index in [1.54, 1.807) is 6.07 Å². The van der Waals surface area contributed by atoms with Crippen LogP contribution in [0.5, 0.6) is 0 Å². The fourth-order valence-corrected chi connectivity index (χ4v) is 3.25. The number of hydrogen-bond acceptors (Lipinski definition) is 2. The Balaban J connectivity index is 2.26. The fraction of sp³-hybridized carbons (Fsp3) is 0.188. The summed E-state index contributed by atoms with van der Waals surface area (Å²) in [6.07, 6.45) is 0. The number of aryl methyl sites for hydroxylation is 2. The molecule has 1 atom stereocenters. The van der Waals surface area contributed by atoms with Crippen LogP contribution >= 0.6 is 11.6 Å². The van der Waals surface area contributed by atoms with Crippen molar-refractivity contribution in [1.82, 2.24) is 0 Å². The lowest BCUT2D eigenvalue weighted by Gasteiger charge is -2.07. The van der Waals surface area contributed by atoms with Gasteiger partial charge in [-0.25, -0.2) is 4.79 Å². The largest absolute Gasteiger partial charge is 0.478 e. The first-order chi connectivity index (χ1) is 9.88. The van der Waals surface area contributed by atoms with Crippen molar-refractivity contribution in [1.29, 1.82) is 0 Å². The predicted octanol–water partition coefficient (Wildman–Crippen LogP) is 3.96. The molecule has 0 spiro atoms. The molecule has 1 N–H and O–H groups in total. The molecule has 2 rings (SSSR count). The normalized spacial score (nSPS) is 12.1. The van der Waals surface area contributed by atoms with Gasteiger partial charge in [0.05, 0.1) is 27.1 Å². The Morgan fingerprint density at radius 1 is 1.14 bits per heavy atom. The number of benzene rings is 2. The zero-order valence-electron chi connectivity index (χ0n) is 11.7. The van der Waals surface area contributed by atoms with Crippen molar-refractivity contribution in [3.8, 4) is 0 Å². The third-order valence-electron chi connectivity index (χ3n) is 3.30. The van der Waals surface area contributed by atoms with Gasteiger partial charge in [-0.15, -0.1) is 0 Å². The van der Waals surface area contributed by atoms with Gasteiger partial charge in [-0.05, 0) is 48.7 Å². The van der Waals surface area contributed by atoms with Crippen LogP contribution in [0.15, 0.2) is 41.3 Å². The van der Waals surface area contributed by atoms with E-state index in [1.165, 1.54) is 17.7 Å². The van der Waals surface area contributed by atoms with Crippen molar-refractivity contribution in [3.63, 3.8) is 0 Å². The van der Waals surface area contributed by atoms with Crippen LogP contribution in [0.4, 0.5) is 0 Å². The van der Waals surface area contributed by atoms with Gasteiger partial charge < -0.3 is 5.11 Å². The molecule has 2 aromatic carbocycles. The molecule has 0 fully saturated rings. The molecule has 0 aliphatic heterocycles. The van der Waals surface area contributed by atoms with Gasteiger partial charge in [0.25, 0.3) is 0 Å². The molecule has 2 aromatic rings. The lowest BCUT2D eigenvalue weighted by molar-refractivity contribution is 0.0697. The zero-order valence-corrected chi connectivity index (χ0v) is 13.3. The van der Waals surface area contributed by atoms with Crippen LogP contribution < -0.4 is 0 Å². The van der Waals surface area contributed by atoms with Crippen molar-refractivity contribution >= 4 is 28.4 Å². The van der Waals surface area contributed by atoms with Crippen molar-refractivity contribution in [2.45, 2.75) is 24.5 Å². The van der Waals surface area contributed by atoms with E-state index in [2.05, 4.69) is 0 Å². The highest BCUT2D eigenvalue weighted by Crippen LogP contribution is 2.21. The summed E-state index contributed by atoms with van der Waals surface area (Å²) in [5.74, 6) is -0.771. The first-order valence-electron chi connectivity index (χ1n) is 6.36. The van der Waals surface area contributed by atoms with E-state index in [0.717, 1.165) is 11.1 Å². The van der Waals surface area contributed by atoms with Crippen LogP contribution in [0, 0.1) is 13.8 Å². The number of halogens is 1. The molecule has 110 valence electrons. The van der Waals surface area contributed by atoms with E-state index in [1.807, 2.05) is 32.0 Å². The maximum absolute atomic E-state index is 12.4. The quantitative estimate of drug-likeness (QED) is 0.926. The summed E-state index contributed by atoms with van der Waals surface area (Å²) in [6.45, 7) is 4.03. The van der Waals surface area contributed by atoms with Gasteiger partial charge >= 0.3 is 5.97 Å². The lowest BCUT2D eigenvalue weighted by Crippen LogP contribution is -2.02. The molecule has 0 saturated carbocycles. The highest BCUT2D eigenvalue weighted by molar-refractivity contribution is 7.84. The maximum atomic E-state index is 12.4. The van der Waals surface area contributed by atoms with Gasteiger partial charge in [-0.1, -0.05) is 29.8 Å². The topological polar surface area (TPSA) is 54.4 Å². The van der Waals surface area contributed by atoms with E-state index in [9.17, 15) is 9.00 Å². The SMILES string of the molecule is Cc1ccc(CS(=O)c2ccc(Cl)c(C(=O)O)c2)cc1C. The second kappa shape index (κ2) is 6.41. The number of carboxylic acids is 1. The van der Waals surface area contributed by atoms with E-state index >= 15 is 0 Å². The Kier molecular flexibility index (Phi) is 4.80. The highest BCUT2D eigenvalue weighted by atomic mass is 35.5. The summed E-state index contributed by atoms with van der Waals surface area (Å²) in [5.41, 5.74) is 3.27. The van der Waals surface area contributed by atoms with Crippen molar-refractivity contribution in [2.75, 3.05) is 0 Å². The van der Waals surface area contributed by atoms with Crippen molar-refractivity contribution in [2.24, 2.45) is 0 Å². The van der Waals surface area contributed by atoms with Crippen molar-refractivity contribution in [3.05, 3.63) is 63.7 Å². The minimum absolute atomic E-state index is 0.0254. The number of hydrogen-bond donors (Lipinski definition) is 1. The summed E-state index contributed by atoms with van der Waals surface area (Å²) in [7, 11) is -1.31. The van der Waals surface area contributed by atoms with Crippen LogP contribution in [-0.4, -0.2) is 15.3 Å². The predicted molar refractivity (Wildman–Crippen MR) is 84.4 cm³/mol. The van der Waals surface area contributed by atoms with E-state index in [0.29, 0.717) is 10.6 Å². The molecule has 0 saturated heterocycles. The Hall–Kier alpha value is -1.65. The van der Waals surface area contributed by atoms with Crippen LogP contribution in [0.3, 0.4) is 0 Å². The summed E-state index contributed by atoms with van der Waals surface area (Å²) in [6, 6.07) is 10.4. The van der Waals surface area contributed by atoms with Gasteiger partial charge in [0, 0.05) is 4.90 Å². The third kappa shape index (κ3) is 3.71. The average Bonchev–Trinajstić information content (AvgIpc) is 2.43. The average molecular weight is 323 g/mol. The Bertz CT molecular complexity index is 725. The summed E-state index contributed by atoms with van der Waals surface area (Å²) in [5, 5.41) is 9.19. The zero-order chi connectivity index (χ0) is 15.6. The Morgan fingerprint density at radius 3 is 2.48 bits per heavy atom. The van der Waals surface area contributed by atoms with E-state index in [-0.39, 0.29) is 10.6 Å². The molecule has 0 bridgehead atoms. The molecular formula is C16H15ClO3S. The molecule has 0 aliphatic rings. The van der Waals surface area contributed by atoms with Crippen LogP contribution in [0.25, 0.3) is 0 Å². The van der Waals surface area contributed by atoms with E-state index in [4.69, 9.17) is 16.7 Å². The second-order valence-electron chi connectivity index (χ2n) is 4.86. The Labute approximate surface area is 131 Å². The number of rotatable bonds is 4. The van der Waals surface area contributed by atoms with Gasteiger partial charge in [0.15, 0.2) is 0 Å². The second-order valence-corrected chi connectivity index (χ2v) is 6.71. The number of aromatic carboxylic acids is 1. The van der Waals surface area contributed by atoms with Gasteiger partial charge in [0.1, 0.15) is 0 Å². The third-order valence-corrected chi connectivity index (χ3v) is 5.01. The first kappa shape index (κ1) is 15.7. The van der Waals surface area contributed by atoms with Gasteiger partial charge in [-0.2, -0.15) is 0 Å². The molecule has 21 heavy (non-hydrogen) atoms. The molecule has 0 radical (unpaired) electrons. The molecule has 0 aromatic heterocycles. The number of carbonyl (C=O) groups is 1. The van der Waals surface area contributed by atoms with Gasteiger partial charge in [0.2, 0.25) is 0 Å².